The molecule has 6 heteroatoms. The summed E-state index contributed by atoms with van der Waals surface area (Å²) in [4.78, 5) is 0. The minimum absolute atomic E-state index is 0.234. The molecule has 3 atom stereocenters. The average molecular weight is 1580 g/mol. The summed E-state index contributed by atoms with van der Waals surface area (Å²) in [7, 11) is 11.6. The average Bonchev–Trinajstić information content (AvgIpc) is 1.37. The van der Waals surface area contributed by atoms with Gasteiger partial charge in [0.25, 0.3) is 0 Å². The topological polar surface area (TPSA) is 23.3 Å². The number of aryl methyl sites for hydroxylation is 25. The predicted molar refractivity (Wildman–Crippen MR) is 491 cm³/mol. The van der Waals surface area contributed by atoms with E-state index in [9.17, 15) is 0 Å². The van der Waals surface area contributed by atoms with Crippen molar-refractivity contribution in [2.75, 3.05) is 0 Å². The van der Waals surface area contributed by atoms with Crippen molar-refractivity contribution >= 4 is 0 Å². The van der Waals surface area contributed by atoms with Crippen molar-refractivity contribution in [2.45, 2.75) is 254 Å². The zero-order chi connectivity index (χ0) is 107. The largest absolute Gasteiger partial charge is 0.216 e. The van der Waals surface area contributed by atoms with Crippen LogP contribution in [0.25, 0.3) is 67.5 Å². The summed E-state index contributed by atoms with van der Waals surface area (Å²) in [6.07, 6.45) is 25.5. The number of rotatable bonds is 9. The van der Waals surface area contributed by atoms with Gasteiger partial charge in [-0.05, 0) is 332 Å². The van der Waals surface area contributed by atoms with Gasteiger partial charge in [-0.2, -0.15) is 0 Å². The Labute approximate surface area is 740 Å². The van der Waals surface area contributed by atoms with E-state index in [-0.39, 0.29) is 33.5 Å². The van der Waals surface area contributed by atoms with E-state index >= 15 is 0 Å². The fourth-order valence-electron chi connectivity index (χ4n) is 16.9. The maximum Gasteiger partial charge on any atom is 0.216 e. The van der Waals surface area contributed by atoms with Crippen LogP contribution in [0.3, 0.4) is 0 Å². The van der Waals surface area contributed by atoms with Gasteiger partial charge >= 0.3 is 0 Å². The molecule has 6 heterocycles. The smallest absolute Gasteiger partial charge is 0.201 e. The van der Waals surface area contributed by atoms with Crippen LogP contribution in [0.4, 0.5) is 0 Å². The molecule has 0 amide bonds. The third-order valence-corrected chi connectivity index (χ3v) is 23.7. The summed E-state index contributed by atoms with van der Waals surface area (Å²) in [5.74, 6) is -6.31. The van der Waals surface area contributed by atoms with Crippen molar-refractivity contribution in [3.8, 4) is 67.5 Å². The molecule has 6 aromatic heterocycles. The van der Waals surface area contributed by atoms with Crippen molar-refractivity contribution in [1.82, 2.24) is 0 Å². The molecule has 6 aromatic carbocycles. The zero-order valence-corrected chi connectivity index (χ0v) is 73.0. The zero-order valence-electron chi connectivity index (χ0n) is 100. The van der Waals surface area contributed by atoms with Gasteiger partial charge in [0.1, 0.15) is 42.3 Å². The van der Waals surface area contributed by atoms with Gasteiger partial charge in [-0.25, -0.2) is 27.4 Å². The van der Waals surface area contributed by atoms with Crippen molar-refractivity contribution in [2.24, 2.45) is 42.3 Å². The second-order valence-electron chi connectivity index (χ2n) is 32.9. The van der Waals surface area contributed by atoms with Crippen LogP contribution in [-0.4, -0.2) is 0 Å². The Kier molecular flexibility index (Phi) is 19.3. The third kappa shape index (κ3) is 20.6. The molecule has 0 N–H and O–H groups in total. The Bertz CT molecular complexity index is 6660. The lowest BCUT2D eigenvalue weighted by Gasteiger charge is -2.18. The van der Waals surface area contributed by atoms with Crippen LogP contribution in [0.5, 0.6) is 0 Å². The Morgan fingerprint density at radius 1 is 0.276 bits per heavy atom. The quantitative estimate of drug-likeness (QED) is 0.129. The first-order valence-electron chi connectivity index (χ1n) is 54.3. The number of hydrogen-bond acceptors (Lipinski definition) is 0. The minimum atomic E-state index is -2.88. The van der Waals surface area contributed by atoms with Crippen molar-refractivity contribution < 1.29 is 64.4 Å². The lowest BCUT2D eigenvalue weighted by molar-refractivity contribution is -0.661. The highest BCUT2D eigenvalue weighted by Crippen LogP contribution is 2.36. The number of nitrogens with zero attached hydrogens (tertiary/aromatic N) is 6. The fraction of sp³-hybridized carbons (Fsp3) is 0.400. The summed E-state index contributed by atoms with van der Waals surface area (Å²) >= 11 is 0. The molecule has 0 saturated heterocycles. The highest BCUT2D eigenvalue weighted by Gasteiger charge is 2.28. The molecule has 606 valence electrons. The molecule has 3 aliphatic carbocycles. The van der Waals surface area contributed by atoms with Crippen LogP contribution < -0.4 is 27.4 Å². The van der Waals surface area contributed by atoms with Crippen LogP contribution >= 0.6 is 0 Å². The molecule has 15 rings (SSSR count). The second-order valence-corrected chi connectivity index (χ2v) is 32.9. The highest BCUT2D eigenvalue weighted by atomic mass is 15.0. The van der Waals surface area contributed by atoms with Gasteiger partial charge in [0.15, 0.2) is 37.2 Å². The molecule has 12 aromatic rings. The summed E-state index contributed by atoms with van der Waals surface area (Å²) in [5, 5.41) is 0. The first-order chi connectivity index (χ1) is 65.6. The van der Waals surface area contributed by atoms with E-state index < -0.39 is 72.5 Å². The van der Waals surface area contributed by atoms with Crippen LogP contribution in [0.1, 0.15) is 278 Å². The Morgan fingerprint density at radius 2 is 0.664 bits per heavy atom. The van der Waals surface area contributed by atoms with Crippen molar-refractivity contribution in [3.63, 3.8) is 0 Å². The normalized spacial score (nSPS) is 18.4. The number of hydrogen-bond donors (Lipinski definition) is 0. The SMILES string of the molecule is Cc1ccc(-c2c3c(cc[n+]2C)CCCC3)c(C)c1.Cc1ccc(-c2cc3c(c[n+]2C)CCC3)c(C)c1.Cc1ccc(-c2cc3c(c[n+]2C)CCCC3)c(C)c1.[2H]C([2H])([2H])c1c[n+](C)c(-c2ccc(C([2H])(C)C([2H])([2H])[2H])cc2C)c(C)c1C.[2H]C([2H])([2H])c1cc(C)c(-c2cc(C([2H])(C)C([2H])([2H])[2H])c(C([2H])([2H])[2H])c[n+]2C)cc1C([2H])(C)C([2H])([2H])[2H].[2H]C([2H])([2H])c1ccc(-c2c(C)c(C)c(C([2H])([2H])[2H])c[n+]2C)c(C)c1. The molecule has 0 aliphatic heterocycles. The van der Waals surface area contributed by atoms with E-state index in [0.717, 1.165) is 69.7 Å². The molecule has 116 heavy (non-hydrogen) atoms. The molecule has 3 unspecified atom stereocenters. The van der Waals surface area contributed by atoms with Gasteiger partial charge in [0.05, 0.1) is 0 Å². The number of pyridine rings is 6. The van der Waals surface area contributed by atoms with Crippen LogP contribution in [-0.2, 0) is 80.8 Å². The molecule has 3 aliphatic rings. The van der Waals surface area contributed by atoms with E-state index in [0.29, 0.717) is 27.8 Å². The molecule has 0 bridgehead atoms. The van der Waals surface area contributed by atoms with Gasteiger partial charge < -0.3 is 0 Å². The van der Waals surface area contributed by atoms with Crippen LogP contribution in [0.2, 0.25) is 0 Å². The summed E-state index contributed by atoms with van der Waals surface area (Å²) in [5.41, 5.74) is 35.3. The second kappa shape index (κ2) is 38.5. The standard InChI is InChI=1S/C21H30N.C19H26N.2C18H22N.C17H20N.C17H22N/c1-13(2)18-10-20(16(6)9-15(18)5)21-11-19(14(3)4)17(7)12-22(21)8;1-12(2)17-8-9-18(13(3)10-17)19-16(6)15(5)14(4)11-20(19)7;1-13-8-9-17(14(2)10-13)18-11-15-6-4-5-7-16(15)12-19(18)3;1-13-8-9-16(14(2)12-13)18-17-7-5-4-6-15(17)10-11-19(18)3;1-12-7-8-16(13(2)9-12)17-10-14-5-4-6-15(14)11-18(17)3;1-11-7-8-16(12(2)9-11)17-15(5)14(4)13(3)10-18(17)6/h9-14H,1-8H3;8-12H,1-7H3;2*8-12H,4-7H2,1-3H3;7-11H,4-6H2,1-3H3;7-10H,1-6H3/q6*+1/i1D3,3D3,5D3,7D3,13D,14D;1D3,4D3,12D;;;;1D3,3D3. The maximum atomic E-state index is 8.56. The monoisotopic (exact) mass is 1570 g/mol. The first kappa shape index (κ1) is 58.1. The molecule has 6 nitrogen and oxygen atoms in total. The molecular formula is C110H142N6+6. The Morgan fingerprint density at radius 3 is 1.15 bits per heavy atom. The van der Waals surface area contributed by atoms with Gasteiger partial charge in [0, 0.05) is 139 Å². The fourth-order valence-corrected chi connectivity index (χ4v) is 16.9. The lowest BCUT2D eigenvalue weighted by Crippen LogP contribution is -2.33. The molecule has 0 radical (unpaired) electrons. The van der Waals surface area contributed by atoms with Gasteiger partial charge in [-0.15, -0.1) is 0 Å². The van der Waals surface area contributed by atoms with Crippen molar-refractivity contribution in [3.05, 3.63) is 315 Å². The van der Waals surface area contributed by atoms with E-state index in [4.69, 9.17) is 37.0 Å². The first-order valence-corrected chi connectivity index (χ1v) is 40.8. The number of aromatic nitrogens is 6. The third-order valence-electron chi connectivity index (χ3n) is 23.7. The van der Waals surface area contributed by atoms with Gasteiger partial charge in [-0.1, -0.05) is 130 Å². The Balaban J connectivity index is 0.000000179. The number of benzene rings is 6. The summed E-state index contributed by atoms with van der Waals surface area (Å²) in [6.45, 7) is 9.33. The summed E-state index contributed by atoms with van der Waals surface area (Å²) in [6, 6.07) is 41.5. The van der Waals surface area contributed by atoms with E-state index in [1.54, 1.807) is 101 Å². The van der Waals surface area contributed by atoms with Gasteiger partial charge in [0.2, 0.25) is 34.2 Å². The molecule has 0 saturated carbocycles. The molecule has 0 spiro atoms. The van der Waals surface area contributed by atoms with Crippen molar-refractivity contribution in [1.29, 1.82) is 0 Å². The van der Waals surface area contributed by atoms with E-state index in [1.165, 1.54) is 186 Å². The molecule has 0 fully saturated rings. The summed E-state index contributed by atoms with van der Waals surface area (Å²) < 4.78 is 223. The molecular weight excluding hydrogens is 1410 g/mol. The highest BCUT2D eigenvalue weighted by molar-refractivity contribution is 5.70. The minimum Gasteiger partial charge on any atom is -0.201 e. The van der Waals surface area contributed by atoms with E-state index in [2.05, 4.69) is 168 Å². The van der Waals surface area contributed by atoms with Crippen LogP contribution in [0.15, 0.2) is 165 Å². The predicted octanol–water partition coefficient (Wildman–Crippen LogP) is 24.2. The van der Waals surface area contributed by atoms with Gasteiger partial charge in [-0.3, -0.25) is 0 Å². The lowest BCUT2D eigenvalue weighted by atomic mass is 9.87. The maximum absolute atomic E-state index is 8.56. The van der Waals surface area contributed by atoms with E-state index in [1.807, 2.05) is 47.7 Å². The van der Waals surface area contributed by atoms with Crippen LogP contribution in [0, 0.1) is 124 Å². The Hall–Kier alpha value is -9.78. The number of fused-ring (bicyclic) bond motifs is 3.